The Hall–Kier alpha value is -1.30. The van der Waals surface area contributed by atoms with Crippen molar-refractivity contribution in [1.29, 1.82) is 0 Å². The third kappa shape index (κ3) is 4.70. The summed E-state index contributed by atoms with van der Waals surface area (Å²) in [4.78, 5) is 23.1. The van der Waals surface area contributed by atoms with Crippen LogP contribution in [0.4, 0.5) is 4.79 Å². The zero-order valence-electron chi connectivity index (χ0n) is 10.7. The average molecular weight is 305 g/mol. The molecule has 0 aliphatic heterocycles. The van der Waals surface area contributed by atoms with Crippen LogP contribution in [0.25, 0.3) is 0 Å². The molecule has 1 rings (SSSR count). The molecule has 0 radical (unpaired) electrons. The highest BCUT2D eigenvalue weighted by atomic mass is 35.5. The molecule has 1 unspecified atom stereocenters. The van der Waals surface area contributed by atoms with Crippen molar-refractivity contribution in [2.45, 2.75) is 19.5 Å². The molecule has 7 heteroatoms. The molecule has 4 N–H and O–H groups in total. The third-order valence-corrected chi connectivity index (χ3v) is 3.45. The zero-order chi connectivity index (χ0) is 14.6. The number of nitrogens with two attached hydrogens (primary N) is 1. The first kappa shape index (κ1) is 15.8. The lowest BCUT2D eigenvalue weighted by Gasteiger charge is -2.20. The van der Waals surface area contributed by atoms with Crippen LogP contribution in [-0.4, -0.2) is 25.0 Å². The minimum absolute atomic E-state index is 0.421. The fourth-order valence-corrected chi connectivity index (χ4v) is 2.05. The summed E-state index contributed by atoms with van der Waals surface area (Å²) < 4.78 is 0. The number of urea groups is 1. The number of halogens is 2. The number of rotatable bonds is 4. The van der Waals surface area contributed by atoms with Crippen molar-refractivity contribution in [3.8, 4) is 0 Å². The fourth-order valence-electron chi connectivity index (χ4n) is 1.57. The van der Waals surface area contributed by atoms with Gasteiger partial charge >= 0.3 is 6.03 Å². The van der Waals surface area contributed by atoms with E-state index < -0.39 is 18.0 Å². The lowest BCUT2D eigenvalue weighted by atomic mass is 10.2. The second-order valence-corrected chi connectivity index (χ2v) is 5.18. The van der Waals surface area contributed by atoms with E-state index in [1.54, 1.807) is 19.1 Å². The Morgan fingerprint density at radius 3 is 2.58 bits per heavy atom. The summed E-state index contributed by atoms with van der Waals surface area (Å²) in [6.45, 7) is 2.24. The second-order valence-electron chi connectivity index (χ2n) is 4.33. The van der Waals surface area contributed by atoms with Gasteiger partial charge in [-0.2, -0.15) is 0 Å². The van der Waals surface area contributed by atoms with Gasteiger partial charge in [-0.25, -0.2) is 4.79 Å². The number of quaternary nitrogens is 1. The first-order chi connectivity index (χ1) is 8.81. The Kier molecular flexibility index (Phi) is 5.60. The van der Waals surface area contributed by atoms with Crippen molar-refractivity contribution >= 4 is 35.1 Å². The van der Waals surface area contributed by atoms with E-state index >= 15 is 0 Å². The van der Waals surface area contributed by atoms with Crippen LogP contribution in [0, 0.1) is 0 Å². The van der Waals surface area contributed by atoms with E-state index in [2.05, 4.69) is 5.32 Å². The highest BCUT2D eigenvalue weighted by Crippen LogP contribution is 2.20. The molecule has 0 saturated heterocycles. The molecule has 0 aliphatic rings. The molecule has 3 amide bonds. The fraction of sp³-hybridized carbons (Fsp3) is 0.333. The summed E-state index contributed by atoms with van der Waals surface area (Å²) in [5, 5.41) is 3.17. The summed E-state index contributed by atoms with van der Waals surface area (Å²) in [5.74, 6) is -0.421. The Labute approximate surface area is 121 Å². The quantitative estimate of drug-likeness (QED) is 0.761. The number of likely N-dealkylation sites (N-methyl/N-ethyl adjacent to an activating group) is 1. The van der Waals surface area contributed by atoms with Gasteiger partial charge in [0.25, 0.3) is 5.91 Å². The standard InChI is InChI=1S/C12H15Cl2N3O2/c1-7(11(18)16-12(15)19)17(2)6-8-3-4-9(13)5-10(8)14/h3-5,7H,6H2,1-2H3,(H3,15,16,18,19)/p+1/t7-/m0/s1. The van der Waals surface area contributed by atoms with Crippen molar-refractivity contribution < 1.29 is 14.5 Å². The number of imide groups is 1. The van der Waals surface area contributed by atoms with Crippen molar-refractivity contribution in [3.05, 3.63) is 33.8 Å². The Morgan fingerprint density at radius 1 is 1.42 bits per heavy atom. The minimum Gasteiger partial charge on any atom is -0.351 e. The van der Waals surface area contributed by atoms with Crippen LogP contribution in [0.5, 0.6) is 0 Å². The highest BCUT2D eigenvalue weighted by Gasteiger charge is 2.23. The summed E-state index contributed by atoms with van der Waals surface area (Å²) in [5.41, 5.74) is 5.79. The lowest BCUT2D eigenvalue weighted by molar-refractivity contribution is -0.908. The number of primary amides is 1. The van der Waals surface area contributed by atoms with Gasteiger partial charge in [0.2, 0.25) is 0 Å². The molecule has 0 spiro atoms. The highest BCUT2D eigenvalue weighted by molar-refractivity contribution is 6.35. The summed E-state index contributed by atoms with van der Waals surface area (Å²) >= 11 is 11.9. The van der Waals surface area contributed by atoms with E-state index in [1.807, 2.05) is 13.1 Å². The molecule has 5 nitrogen and oxygen atoms in total. The van der Waals surface area contributed by atoms with Gasteiger partial charge in [0.05, 0.1) is 12.1 Å². The van der Waals surface area contributed by atoms with Gasteiger partial charge in [0, 0.05) is 10.6 Å². The average Bonchev–Trinajstić information content (AvgIpc) is 2.30. The molecule has 19 heavy (non-hydrogen) atoms. The maximum atomic E-state index is 11.6. The van der Waals surface area contributed by atoms with Crippen LogP contribution < -0.4 is 16.0 Å². The first-order valence-corrected chi connectivity index (χ1v) is 6.43. The maximum Gasteiger partial charge on any atom is 0.319 e. The third-order valence-electron chi connectivity index (χ3n) is 2.86. The lowest BCUT2D eigenvalue weighted by Crippen LogP contribution is -3.12. The summed E-state index contributed by atoms with van der Waals surface area (Å²) in [6.07, 6.45) is 0. The Bertz CT molecular complexity index is 494. The topological polar surface area (TPSA) is 76.6 Å². The van der Waals surface area contributed by atoms with Gasteiger partial charge < -0.3 is 10.6 Å². The molecule has 1 aromatic carbocycles. The molecular formula is C12H16Cl2N3O2+. The smallest absolute Gasteiger partial charge is 0.319 e. The van der Waals surface area contributed by atoms with Gasteiger partial charge in [-0.05, 0) is 19.1 Å². The van der Waals surface area contributed by atoms with Gasteiger partial charge in [-0.3, -0.25) is 10.1 Å². The van der Waals surface area contributed by atoms with Crippen LogP contribution in [-0.2, 0) is 11.3 Å². The summed E-state index contributed by atoms with van der Waals surface area (Å²) in [6, 6.07) is 3.92. The molecular weight excluding hydrogens is 289 g/mol. The van der Waals surface area contributed by atoms with E-state index in [1.165, 1.54) is 0 Å². The zero-order valence-corrected chi connectivity index (χ0v) is 12.2. The number of hydrogen-bond acceptors (Lipinski definition) is 2. The number of hydrogen-bond donors (Lipinski definition) is 3. The number of nitrogens with one attached hydrogen (secondary N) is 2. The van der Waals surface area contributed by atoms with Crippen LogP contribution in [0.15, 0.2) is 18.2 Å². The summed E-state index contributed by atoms with van der Waals surface area (Å²) in [7, 11) is 1.83. The SMILES string of the molecule is C[C@@H](C(=O)NC(N)=O)[NH+](C)Cc1ccc(Cl)cc1Cl. The van der Waals surface area contributed by atoms with Gasteiger partial charge in [-0.1, -0.05) is 29.3 Å². The van der Waals surface area contributed by atoms with Gasteiger partial charge in [0.1, 0.15) is 6.54 Å². The van der Waals surface area contributed by atoms with E-state index in [0.717, 1.165) is 10.5 Å². The van der Waals surface area contributed by atoms with E-state index in [9.17, 15) is 9.59 Å². The monoisotopic (exact) mass is 304 g/mol. The van der Waals surface area contributed by atoms with Crippen LogP contribution >= 0.6 is 23.2 Å². The predicted octanol–water partition coefficient (Wildman–Crippen LogP) is 0.592. The van der Waals surface area contributed by atoms with E-state index in [-0.39, 0.29) is 0 Å². The molecule has 0 saturated carbocycles. The van der Waals surface area contributed by atoms with E-state index in [4.69, 9.17) is 28.9 Å². The molecule has 0 bridgehead atoms. The molecule has 0 heterocycles. The molecule has 0 fully saturated rings. The number of carbonyl (C=O) groups is 2. The van der Waals surface area contributed by atoms with Crippen molar-refractivity contribution in [2.24, 2.45) is 5.73 Å². The molecule has 0 aromatic heterocycles. The first-order valence-electron chi connectivity index (χ1n) is 5.67. The van der Waals surface area contributed by atoms with Crippen molar-refractivity contribution in [1.82, 2.24) is 5.32 Å². The number of amides is 3. The van der Waals surface area contributed by atoms with Crippen LogP contribution in [0.1, 0.15) is 12.5 Å². The second kappa shape index (κ2) is 6.75. The van der Waals surface area contributed by atoms with Crippen LogP contribution in [0.2, 0.25) is 10.0 Å². The minimum atomic E-state index is -0.853. The Balaban J connectivity index is 2.70. The number of benzene rings is 1. The van der Waals surface area contributed by atoms with Gasteiger partial charge in [-0.15, -0.1) is 0 Å². The van der Waals surface area contributed by atoms with Crippen LogP contribution in [0.3, 0.4) is 0 Å². The number of carbonyl (C=O) groups excluding carboxylic acids is 2. The molecule has 1 aromatic rings. The molecule has 104 valence electrons. The van der Waals surface area contributed by atoms with E-state index in [0.29, 0.717) is 16.6 Å². The molecule has 0 aliphatic carbocycles. The van der Waals surface area contributed by atoms with Crippen molar-refractivity contribution in [2.75, 3.05) is 7.05 Å². The predicted molar refractivity (Wildman–Crippen MR) is 74.2 cm³/mol. The van der Waals surface area contributed by atoms with Crippen molar-refractivity contribution in [3.63, 3.8) is 0 Å². The molecule has 2 atom stereocenters. The maximum absolute atomic E-state index is 11.6. The largest absolute Gasteiger partial charge is 0.351 e. The van der Waals surface area contributed by atoms with Gasteiger partial charge in [0.15, 0.2) is 6.04 Å². The normalized spacial score (nSPS) is 13.7. The Morgan fingerprint density at radius 2 is 2.05 bits per heavy atom.